The Morgan fingerprint density at radius 1 is 1.44 bits per heavy atom. The summed E-state index contributed by atoms with van der Waals surface area (Å²) in [6, 6.07) is 8.45. The maximum Gasteiger partial charge on any atom is 0.223 e. The van der Waals surface area contributed by atoms with Gasteiger partial charge in [0, 0.05) is 20.0 Å². The zero-order chi connectivity index (χ0) is 13.0. The van der Waals surface area contributed by atoms with Crippen LogP contribution in [0.25, 0.3) is 0 Å². The largest absolute Gasteiger partial charge is 0.395 e. The Bertz CT molecular complexity index is 417. The van der Waals surface area contributed by atoms with Crippen molar-refractivity contribution in [1.29, 1.82) is 0 Å². The molecule has 0 saturated heterocycles. The lowest BCUT2D eigenvalue weighted by molar-refractivity contribution is -0.130. The van der Waals surface area contributed by atoms with Gasteiger partial charge in [-0.25, -0.2) is 0 Å². The molecular weight excluding hydrogens is 226 g/mol. The van der Waals surface area contributed by atoms with E-state index in [1.807, 2.05) is 0 Å². The fourth-order valence-corrected chi connectivity index (χ4v) is 2.71. The van der Waals surface area contributed by atoms with Crippen LogP contribution in [-0.2, 0) is 11.2 Å². The minimum atomic E-state index is 0.0312. The van der Waals surface area contributed by atoms with Gasteiger partial charge in [-0.15, -0.1) is 0 Å². The molecule has 1 aliphatic carbocycles. The molecule has 1 aromatic rings. The van der Waals surface area contributed by atoms with E-state index in [0.717, 1.165) is 12.8 Å². The van der Waals surface area contributed by atoms with E-state index in [4.69, 9.17) is 5.11 Å². The van der Waals surface area contributed by atoms with Crippen molar-refractivity contribution in [2.24, 2.45) is 0 Å². The molecule has 0 radical (unpaired) electrons. The fraction of sp³-hybridized carbons (Fsp3) is 0.533. The molecule has 0 fully saturated rings. The first-order valence-electron chi connectivity index (χ1n) is 6.65. The first-order valence-corrected chi connectivity index (χ1v) is 6.65. The van der Waals surface area contributed by atoms with E-state index in [-0.39, 0.29) is 12.5 Å². The zero-order valence-electron chi connectivity index (χ0n) is 10.9. The van der Waals surface area contributed by atoms with Gasteiger partial charge in [-0.2, -0.15) is 0 Å². The molecule has 1 unspecified atom stereocenters. The van der Waals surface area contributed by atoms with Crippen LogP contribution in [0.15, 0.2) is 24.3 Å². The summed E-state index contributed by atoms with van der Waals surface area (Å²) in [6.07, 6.45) is 3.95. The Morgan fingerprint density at radius 3 is 3.00 bits per heavy atom. The van der Waals surface area contributed by atoms with E-state index in [2.05, 4.69) is 24.3 Å². The van der Waals surface area contributed by atoms with Gasteiger partial charge in [0.05, 0.1) is 6.61 Å². The normalized spacial score (nSPS) is 18.2. The number of carbonyl (C=O) groups is 1. The highest BCUT2D eigenvalue weighted by atomic mass is 16.3. The quantitative estimate of drug-likeness (QED) is 0.883. The lowest BCUT2D eigenvalue weighted by atomic mass is 9.81. The summed E-state index contributed by atoms with van der Waals surface area (Å²) in [5, 5.41) is 8.86. The van der Waals surface area contributed by atoms with Crippen LogP contribution in [-0.4, -0.2) is 36.1 Å². The van der Waals surface area contributed by atoms with Crippen molar-refractivity contribution in [3.05, 3.63) is 35.4 Å². The van der Waals surface area contributed by atoms with Crippen molar-refractivity contribution in [2.75, 3.05) is 20.2 Å². The summed E-state index contributed by atoms with van der Waals surface area (Å²) in [6.45, 7) is 0.455. The molecule has 0 heterocycles. The average molecular weight is 247 g/mol. The first-order chi connectivity index (χ1) is 8.72. The van der Waals surface area contributed by atoms with Gasteiger partial charge in [0.15, 0.2) is 0 Å². The molecule has 1 amide bonds. The molecule has 1 N–H and O–H groups in total. The molecule has 0 aliphatic heterocycles. The third-order valence-electron chi connectivity index (χ3n) is 3.78. The lowest BCUT2D eigenvalue weighted by Crippen LogP contribution is -2.31. The monoisotopic (exact) mass is 247 g/mol. The molecule has 2 rings (SSSR count). The van der Waals surface area contributed by atoms with E-state index in [1.165, 1.54) is 17.5 Å². The topological polar surface area (TPSA) is 40.5 Å². The number of hydrogen-bond donors (Lipinski definition) is 1. The van der Waals surface area contributed by atoms with Crippen LogP contribution in [0.4, 0.5) is 0 Å². The van der Waals surface area contributed by atoms with Crippen LogP contribution in [0, 0.1) is 0 Å². The highest BCUT2D eigenvalue weighted by Gasteiger charge is 2.23. The second kappa shape index (κ2) is 6.01. The molecule has 3 nitrogen and oxygen atoms in total. The van der Waals surface area contributed by atoms with Crippen LogP contribution in [0.3, 0.4) is 0 Å². The van der Waals surface area contributed by atoms with E-state index in [9.17, 15) is 4.79 Å². The molecular formula is C15H21NO2. The first kappa shape index (κ1) is 13.1. The van der Waals surface area contributed by atoms with Gasteiger partial charge in [0.2, 0.25) is 5.91 Å². The maximum atomic E-state index is 12.0. The number of fused-ring (bicyclic) bond motifs is 1. The Balaban J connectivity index is 2.05. The van der Waals surface area contributed by atoms with Crippen molar-refractivity contribution in [3.63, 3.8) is 0 Å². The molecule has 98 valence electrons. The van der Waals surface area contributed by atoms with Crippen LogP contribution in [0.2, 0.25) is 0 Å². The number of aliphatic hydroxyl groups excluding tert-OH is 1. The number of nitrogens with zero attached hydrogens (tertiary/aromatic N) is 1. The number of amides is 1. The standard InChI is InChI=1S/C15H21NO2/c1-16(9-10-17)15(18)11-13-7-4-6-12-5-2-3-8-14(12)13/h2-3,5,8,13,17H,4,6-7,9-11H2,1H3. The van der Waals surface area contributed by atoms with E-state index in [1.54, 1.807) is 11.9 Å². The smallest absolute Gasteiger partial charge is 0.223 e. The number of carbonyl (C=O) groups excluding carboxylic acids is 1. The van der Waals surface area contributed by atoms with Crippen LogP contribution < -0.4 is 0 Å². The van der Waals surface area contributed by atoms with Crippen molar-refractivity contribution in [1.82, 2.24) is 4.90 Å². The summed E-state index contributed by atoms with van der Waals surface area (Å²) in [5.74, 6) is 0.481. The molecule has 0 spiro atoms. The van der Waals surface area contributed by atoms with Crippen molar-refractivity contribution in [2.45, 2.75) is 31.6 Å². The molecule has 18 heavy (non-hydrogen) atoms. The van der Waals surface area contributed by atoms with Gasteiger partial charge in [-0.05, 0) is 36.3 Å². The predicted molar refractivity (Wildman–Crippen MR) is 71.5 cm³/mol. The minimum Gasteiger partial charge on any atom is -0.395 e. The molecule has 1 aromatic carbocycles. The van der Waals surface area contributed by atoms with Crippen molar-refractivity contribution in [3.8, 4) is 0 Å². The molecule has 0 saturated carbocycles. The third-order valence-corrected chi connectivity index (χ3v) is 3.78. The number of aryl methyl sites for hydroxylation is 1. The minimum absolute atomic E-state index is 0.0312. The summed E-state index contributed by atoms with van der Waals surface area (Å²) in [4.78, 5) is 13.6. The van der Waals surface area contributed by atoms with Gasteiger partial charge in [0.25, 0.3) is 0 Å². The predicted octanol–water partition coefficient (Wildman–Crippen LogP) is 1.95. The Morgan fingerprint density at radius 2 is 2.22 bits per heavy atom. The highest BCUT2D eigenvalue weighted by molar-refractivity contribution is 5.77. The van der Waals surface area contributed by atoms with Gasteiger partial charge in [-0.3, -0.25) is 4.79 Å². The number of benzene rings is 1. The Labute approximate surface area is 108 Å². The Kier molecular flexibility index (Phi) is 4.37. The number of rotatable bonds is 4. The van der Waals surface area contributed by atoms with Crippen LogP contribution >= 0.6 is 0 Å². The molecule has 3 heteroatoms. The molecule has 1 aliphatic rings. The van der Waals surface area contributed by atoms with Gasteiger partial charge >= 0.3 is 0 Å². The SMILES string of the molecule is CN(CCO)C(=O)CC1CCCc2ccccc21. The maximum absolute atomic E-state index is 12.0. The average Bonchev–Trinajstić information content (AvgIpc) is 2.39. The van der Waals surface area contributed by atoms with Gasteiger partial charge in [0.1, 0.15) is 0 Å². The van der Waals surface area contributed by atoms with Crippen molar-refractivity contribution >= 4 is 5.91 Å². The van der Waals surface area contributed by atoms with E-state index in [0.29, 0.717) is 18.9 Å². The second-order valence-electron chi connectivity index (χ2n) is 5.03. The zero-order valence-corrected chi connectivity index (χ0v) is 10.9. The third kappa shape index (κ3) is 2.91. The second-order valence-corrected chi connectivity index (χ2v) is 5.03. The van der Waals surface area contributed by atoms with E-state index < -0.39 is 0 Å². The number of aliphatic hydroxyl groups is 1. The highest BCUT2D eigenvalue weighted by Crippen LogP contribution is 2.33. The molecule has 1 atom stereocenters. The number of hydrogen-bond acceptors (Lipinski definition) is 2. The lowest BCUT2D eigenvalue weighted by Gasteiger charge is -2.26. The summed E-state index contributed by atoms with van der Waals surface area (Å²) < 4.78 is 0. The van der Waals surface area contributed by atoms with Crippen molar-refractivity contribution < 1.29 is 9.90 Å². The summed E-state index contributed by atoms with van der Waals surface area (Å²) >= 11 is 0. The van der Waals surface area contributed by atoms with Gasteiger partial charge < -0.3 is 10.0 Å². The molecule has 0 aromatic heterocycles. The van der Waals surface area contributed by atoms with Gasteiger partial charge in [-0.1, -0.05) is 24.3 Å². The van der Waals surface area contributed by atoms with Crippen LogP contribution in [0.1, 0.15) is 36.3 Å². The molecule has 0 bridgehead atoms. The fourth-order valence-electron chi connectivity index (χ4n) is 2.71. The van der Waals surface area contributed by atoms with Crippen LogP contribution in [0.5, 0.6) is 0 Å². The van der Waals surface area contributed by atoms with E-state index >= 15 is 0 Å². The summed E-state index contributed by atoms with van der Waals surface area (Å²) in [7, 11) is 1.76. The Hall–Kier alpha value is -1.35. The number of likely N-dealkylation sites (N-methyl/N-ethyl adjacent to an activating group) is 1. The summed E-state index contributed by atoms with van der Waals surface area (Å²) in [5.41, 5.74) is 2.74.